The van der Waals surface area contributed by atoms with Crippen molar-refractivity contribution in [2.75, 3.05) is 18.2 Å². The van der Waals surface area contributed by atoms with Gasteiger partial charge < -0.3 is 10.1 Å². The van der Waals surface area contributed by atoms with Crippen molar-refractivity contribution in [3.05, 3.63) is 24.3 Å². The molecule has 1 heterocycles. The third-order valence-corrected chi connectivity index (χ3v) is 5.37. The van der Waals surface area contributed by atoms with E-state index in [1.807, 2.05) is 36.0 Å². The molecule has 3 rings (SSSR count). The highest BCUT2D eigenvalue weighted by atomic mass is 32.2. The van der Waals surface area contributed by atoms with Gasteiger partial charge in [0.1, 0.15) is 5.75 Å². The Morgan fingerprint density at radius 2 is 2.15 bits per heavy atom. The van der Waals surface area contributed by atoms with Gasteiger partial charge in [0, 0.05) is 11.4 Å². The molecule has 0 amide bonds. The fourth-order valence-corrected chi connectivity index (χ4v) is 4.39. The number of hydrogen-bond donors (Lipinski definition) is 1. The molecule has 0 radical (unpaired) electrons. The van der Waals surface area contributed by atoms with Gasteiger partial charge in [-0.05, 0) is 43.0 Å². The largest absolute Gasteiger partial charge is 0.497 e. The van der Waals surface area contributed by atoms with Crippen molar-refractivity contribution in [2.24, 2.45) is 10.9 Å². The number of aliphatic imine (C=N–C) groups is 1. The molecule has 0 aromatic heterocycles. The van der Waals surface area contributed by atoms with E-state index in [2.05, 4.69) is 12.2 Å². The first-order valence-corrected chi connectivity index (χ1v) is 8.31. The van der Waals surface area contributed by atoms with E-state index in [1.54, 1.807) is 7.11 Å². The highest BCUT2D eigenvalue weighted by Gasteiger charge is 2.39. The summed E-state index contributed by atoms with van der Waals surface area (Å²) < 4.78 is 5.18. The third kappa shape index (κ3) is 2.95. The topological polar surface area (TPSA) is 33.6 Å². The van der Waals surface area contributed by atoms with Crippen LogP contribution in [-0.2, 0) is 0 Å². The zero-order valence-corrected chi connectivity index (χ0v) is 13.0. The third-order valence-electron chi connectivity index (χ3n) is 4.23. The molecular weight excluding hydrogens is 268 g/mol. The van der Waals surface area contributed by atoms with E-state index in [-0.39, 0.29) is 5.54 Å². The van der Waals surface area contributed by atoms with Gasteiger partial charge in [0.2, 0.25) is 0 Å². The molecule has 1 saturated carbocycles. The molecule has 2 unspecified atom stereocenters. The number of ether oxygens (including phenoxy) is 1. The number of rotatable bonds is 2. The van der Waals surface area contributed by atoms with Crippen LogP contribution >= 0.6 is 11.8 Å². The summed E-state index contributed by atoms with van der Waals surface area (Å²) >= 11 is 1.86. The number of nitrogens with one attached hydrogen (secondary N) is 1. The van der Waals surface area contributed by atoms with Crippen LogP contribution in [0.4, 0.5) is 5.69 Å². The van der Waals surface area contributed by atoms with E-state index in [1.165, 1.54) is 25.7 Å². The number of anilines is 1. The molecule has 20 heavy (non-hydrogen) atoms. The fraction of sp³-hybridized carbons (Fsp3) is 0.562. The van der Waals surface area contributed by atoms with Crippen molar-refractivity contribution in [1.82, 2.24) is 0 Å². The predicted octanol–water partition coefficient (Wildman–Crippen LogP) is 4.16. The molecule has 2 atom stereocenters. The van der Waals surface area contributed by atoms with Crippen molar-refractivity contribution in [1.29, 1.82) is 0 Å². The lowest BCUT2D eigenvalue weighted by atomic mass is 9.78. The average molecular weight is 290 g/mol. The van der Waals surface area contributed by atoms with Crippen LogP contribution in [0.15, 0.2) is 29.3 Å². The fourth-order valence-electron chi connectivity index (χ4n) is 3.21. The van der Waals surface area contributed by atoms with Crippen molar-refractivity contribution < 1.29 is 4.74 Å². The maximum Gasteiger partial charge on any atom is 0.161 e. The van der Waals surface area contributed by atoms with Crippen LogP contribution in [-0.4, -0.2) is 23.6 Å². The van der Waals surface area contributed by atoms with Crippen molar-refractivity contribution in [2.45, 2.75) is 38.1 Å². The van der Waals surface area contributed by atoms with Crippen molar-refractivity contribution >= 4 is 22.6 Å². The van der Waals surface area contributed by atoms with Crippen molar-refractivity contribution in [3.8, 4) is 5.75 Å². The monoisotopic (exact) mass is 290 g/mol. The second-order valence-electron chi connectivity index (χ2n) is 5.98. The first-order valence-electron chi connectivity index (χ1n) is 7.33. The lowest BCUT2D eigenvalue weighted by Crippen LogP contribution is -2.33. The van der Waals surface area contributed by atoms with Crippen molar-refractivity contribution in [3.63, 3.8) is 0 Å². The molecule has 0 bridgehead atoms. The summed E-state index contributed by atoms with van der Waals surface area (Å²) in [5.74, 6) is 2.83. The average Bonchev–Trinajstić information content (AvgIpc) is 2.82. The van der Waals surface area contributed by atoms with Crippen LogP contribution in [0.25, 0.3) is 0 Å². The van der Waals surface area contributed by atoms with E-state index in [0.29, 0.717) is 0 Å². The lowest BCUT2D eigenvalue weighted by Gasteiger charge is -2.33. The number of methoxy groups -OCH3 is 1. The normalized spacial score (nSPS) is 29.3. The minimum absolute atomic E-state index is 0.205. The quantitative estimate of drug-likeness (QED) is 0.888. The Morgan fingerprint density at radius 1 is 1.35 bits per heavy atom. The number of nitrogens with zero attached hydrogens (tertiary/aromatic N) is 1. The van der Waals surface area contributed by atoms with Gasteiger partial charge in [-0.1, -0.05) is 31.5 Å². The molecule has 1 fully saturated rings. The van der Waals surface area contributed by atoms with Gasteiger partial charge in [0.05, 0.1) is 12.6 Å². The second kappa shape index (κ2) is 5.68. The zero-order chi connectivity index (χ0) is 14.0. The summed E-state index contributed by atoms with van der Waals surface area (Å²) in [4.78, 5) is 5.00. The Hall–Kier alpha value is -1.16. The molecule has 0 saturated heterocycles. The van der Waals surface area contributed by atoms with Crippen LogP contribution < -0.4 is 10.1 Å². The Bertz CT molecular complexity index is 500. The van der Waals surface area contributed by atoms with Crippen LogP contribution in [0.5, 0.6) is 5.75 Å². The minimum atomic E-state index is 0.205. The summed E-state index contributed by atoms with van der Waals surface area (Å²) in [5.41, 5.74) is 1.29. The molecule has 4 heteroatoms. The summed E-state index contributed by atoms with van der Waals surface area (Å²) in [6, 6.07) is 8.02. The van der Waals surface area contributed by atoms with Crippen LogP contribution in [0.3, 0.4) is 0 Å². The first-order chi connectivity index (χ1) is 9.69. The molecule has 1 aliphatic carbocycles. The van der Waals surface area contributed by atoms with Gasteiger partial charge in [-0.25, -0.2) is 0 Å². The Balaban J connectivity index is 1.68. The van der Waals surface area contributed by atoms with Gasteiger partial charge in [0.15, 0.2) is 5.17 Å². The van der Waals surface area contributed by atoms with Crippen LogP contribution in [0, 0.1) is 5.92 Å². The second-order valence-corrected chi connectivity index (χ2v) is 6.95. The molecule has 1 aromatic rings. The smallest absolute Gasteiger partial charge is 0.161 e. The highest BCUT2D eigenvalue weighted by molar-refractivity contribution is 8.14. The van der Waals surface area contributed by atoms with E-state index in [9.17, 15) is 0 Å². The Morgan fingerprint density at radius 3 is 2.85 bits per heavy atom. The maximum atomic E-state index is 5.18. The SMILES string of the molecule is COc1ccc(NC2=NC3(CCCC(C)C3)CS2)cc1. The molecular formula is C16H22N2OS. The number of benzene rings is 1. The van der Waals surface area contributed by atoms with Gasteiger partial charge >= 0.3 is 0 Å². The number of thioether (sulfide) groups is 1. The predicted molar refractivity (Wildman–Crippen MR) is 86.9 cm³/mol. The molecule has 1 aliphatic heterocycles. The van der Waals surface area contributed by atoms with Crippen LogP contribution in [0.1, 0.15) is 32.6 Å². The number of amidine groups is 1. The lowest BCUT2D eigenvalue weighted by molar-refractivity contribution is 0.266. The highest BCUT2D eigenvalue weighted by Crippen LogP contribution is 2.42. The van der Waals surface area contributed by atoms with Gasteiger partial charge in [-0.15, -0.1) is 0 Å². The summed E-state index contributed by atoms with van der Waals surface area (Å²) in [7, 11) is 1.69. The maximum absolute atomic E-state index is 5.18. The first kappa shape index (κ1) is 13.8. The molecule has 108 valence electrons. The molecule has 1 N–H and O–H groups in total. The summed E-state index contributed by atoms with van der Waals surface area (Å²) in [6.45, 7) is 2.36. The van der Waals surface area contributed by atoms with Crippen LogP contribution in [0.2, 0.25) is 0 Å². The molecule has 1 spiro atoms. The number of hydrogen-bond acceptors (Lipinski definition) is 4. The minimum Gasteiger partial charge on any atom is -0.497 e. The van der Waals surface area contributed by atoms with Gasteiger partial charge in [0.25, 0.3) is 0 Å². The van der Waals surface area contributed by atoms with Gasteiger partial charge in [-0.3, -0.25) is 4.99 Å². The van der Waals surface area contributed by atoms with E-state index in [0.717, 1.165) is 28.3 Å². The van der Waals surface area contributed by atoms with E-state index in [4.69, 9.17) is 9.73 Å². The van der Waals surface area contributed by atoms with Gasteiger partial charge in [-0.2, -0.15) is 0 Å². The van der Waals surface area contributed by atoms with E-state index < -0.39 is 0 Å². The standard InChI is InChI=1S/C16H22N2OS/c1-12-4-3-9-16(10-12)11-20-15(18-16)17-13-5-7-14(19-2)8-6-13/h5-8,12H,3-4,9-11H2,1-2H3,(H,17,18). The summed E-state index contributed by atoms with van der Waals surface area (Å²) in [6.07, 6.45) is 5.18. The molecule has 2 aliphatic rings. The Kier molecular flexibility index (Phi) is 3.92. The Labute approximate surface area is 125 Å². The van der Waals surface area contributed by atoms with E-state index >= 15 is 0 Å². The molecule has 3 nitrogen and oxygen atoms in total. The molecule has 1 aromatic carbocycles. The zero-order valence-electron chi connectivity index (χ0n) is 12.2. The summed E-state index contributed by atoms with van der Waals surface area (Å²) in [5, 5.41) is 4.51.